The van der Waals surface area contributed by atoms with E-state index in [9.17, 15) is 4.79 Å². The molecule has 1 rings (SSSR count). The Labute approximate surface area is 107 Å². The summed E-state index contributed by atoms with van der Waals surface area (Å²) in [5, 5.41) is 13.0. The summed E-state index contributed by atoms with van der Waals surface area (Å²) in [6.45, 7) is 0.0657. The SMILES string of the molecule is N=C/C=C\C(=C\NC1C=CC=CC1)NCC(N)=O. The lowest BCUT2D eigenvalue weighted by Gasteiger charge is -2.14. The third-order valence-electron chi connectivity index (χ3n) is 2.27. The van der Waals surface area contributed by atoms with Crippen LogP contribution in [-0.4, -0.2) is 24.7 Å². The van der Waals surface area contributed by atoms with Gasteiger partial charge >= 0.3 is 0 Å². The van der Waals surface area contributed by atoms with Gasteiger partial charge in [-0.3, -0.25) is 4.79 Å². The number of carbonyl (C=O) groups is 1. The van der Waals surface area contributed by atoms with Gasteiger partial charge in [-0.1, -0.05) is 24.3 Å². The van der Waals surface area contributed by atoms with E-state index in [2.05, 4.69) is 22.8 Å². The molecular formula is C13H18N4O. The fraction of sp³-hybridized carbons (Fsp3) is 0.231. The molecule has 18 heavy (non-hydrogen) atoms. The van der Waals surface area contributed by atoms with Crippen LogP contribution in [0.15, 0.2) is 48.4 Å². The van der Waals surface area contributed by atoms with Gasteiger partial charge in [0.1, 0.15) is 0 Å². The van der Waals surface area contributed by atoms with Crippen molar-refractivity contribution in [1.82, 2.24) is 10.6 Å². The molecule has 1 unspecified atom stereocenters. The maximum atomic E-state index is 10.7. The maximum Gasteiger partial charge on any atom is 0.236 e. The highest BCUT2D eigenvalue weighted by molar-refractivity contribution is 5.76. The van der Waals surface area contributed by atoms with Crippen LogP contribution in [0.1, 0.15) is 6.42 Å². The van der Waals surface area contributed by atoms with E-state index >= 15 is 0 Å². The van der Waals surface area contributed by atoms with E-state index in [4.69, 9.17) is 11.1 Å². The highest BCUT2D eigenvalue weighted by atomic mass is 16.1. The van der Waals surface area contributed by atoms with Crippen LogP contribution in [0.5, 0.6) is 0 Å². The molecule has 0 aromatic rings. The van der Waals surface area contributed by atoms with Crippen molar-refractivity contribution < 1.29 is 4.79 Å². The molecule has 0 aromatic heterocycles. The van der Waals surface area contributed by atoms with Gasteiger partial charge in [0.15, 0.2) is 0 Å². The molecule has 0 aromatic carbocycles. The minimum Gasteiger partial charge on any atom is -0.383 e. The smallest absolute Gasteiger partial charge is 0.236 e. The molecule has 0 saturated carbocycles. The number of nitrogens with one attached hydrogen (secondary N) is 3. The first-order chi connectivity index (χ1) is 8.72. The Kier molecular flexibility index (Phi) is 6.03. The Morgan fingerprint density at radius 2 is 2.33 bits per heavy atom. The van der Waals surface area contributed by atoms with Gasteiger partial charge in [-0.15, -0.1) is 0 Å². The van der Waals surface area contributed by atoms with E-state index in [1.165, 1.54) is 6.21 Å². The molecule has 0 heterocycles. The number of allylic oxidation sites excluding steroid dienone is 4. The van der Waals surface area contributed by atoms with Crippen LogP contribution < -0.4 is 16.4 Å². The quantitative estimate of drug-likeness (QED) is 0.391. The lowest BCUT2D eigenvalue weighted by atomic mass is 10.1. The predicted octanol–water partition coefficient (Wildman–Crippen LogP) is 0.583. The summed E-state index contributed by atoms with van der Waals surface area (Å²) in [6, 6.07) is 0.244. The van der Waals surface area contributed by atoms with Crippen LogP contribution in [0, 0.1) is 5.41 Å². The largest absolute Gasteiger partial charge is 0.383 e. The third-order valence-corrected chi connectivity index (χ3v) is 2.27. The van der Waals surface area contributed by atoms with Gasteiger partial charge in [0.2, 0.25) is 5.91 Å². The first kappa shape index (κ1) is 13.8. The van der Waals surface area contributed by atoms with Crippen molar-refractivity contribution in [3.05, 3.63) is 48.4 Å². The fourth-order valence-corrected chi connectivity index (χ4v) is 1.40. The molecule has 1 aliphatic rings. The zero-order valence-electron chi connectivity index (χ0n) is 10.1. The maximum absolute atomic E-state index is 10.7. The Hall–Kier alpha value is -2.30. The second kappa shape index (κ2) is 7.89. The number of primary amides is 1. The molecule has 0 bridgehead atoms. The fourth-order valence-electron chi connectivity index (χ4n) is 1.40. The van der Waals surface area contributed by atoms with Gasteiger partial charge in [0.25, 0.3) is 0 Å². The summed E-state index contributed by atoms with van der Waals surface area (Å²) in [6.07, 6.45) is 15.3. The third kappa shape index (κ3) is 5.69. The first-order valence-electron chi connectivity index (χ1n) is 5.71. The molecular weight excluding hydrogens is 228 g/mol. The molecule has 5 N–H and O–H groups in total. The van der Waals surface area contributed by atoms with E-state index in [-0.39, 0.29) is 12.6 Å². The minimum atomic E-state index is -0.426. The molecule has 5 heteroatoms. The standard InChI is InChI=1S/C13H18N4O/c14-8-4-7-12(17-10-13(15)18)9-16-11-5-2-1-3-6-11/h1-5,7-9,11,14,16-17H,6,10H2,(H2,15,18)/b7-4-,12-9-,14-8?. The van der Waals surface area contributed by atoms with Crippen LogP contribution in [0.4, 0.5) is 0 Å². The van der Waals surface area contributed by atoms with Crippen molar-refractivity contribution in [2.75, 3.05) is 6.54 Å². The van der Waals surface area contributed by atoms with Crippen molar-refractivity contribution in [2.45, 2.75) is 12.5 Å². The number of hydrogen-bond acceptors (Lipinski definition) is 4. The second-order valence-corrected chi connectivity index (χ2v) is 3.77. The lowest BCUT2D eigenvalue weighted by molar-refractivity contribution is -0.117. The Bertz CT molecular complexity index is 407. The highest BCUT2D eigenvalue weighted by Gasteiger charge is 2.02. The summed E-state index contributed by atoms with van der Waals surface area (Å²) in [5.41, 5.74) is 5.78. The second-order valence-electron chi connectivity index (χ2n) is 3.77. The van der Waals surface area contributed by atoms with E-state index in [0.29, 0.717) is 5.70 Å². The topological polar surface area (TPSA) is 91.0 Å². The molecule has 96 valence electrons. The summed E-state index contributed by atoms with van der Waals surface area (Å²) < 4.78 is 0. The van der Waals surface area contributed by atoms with E-state index in [1.807, 2.05) is 12.2 Å². The van der Waals surface area contributed by atoms with E-state index in [1.54, 1.807) is 18.4 Å². The Balaban J connectivity index is 2.54. The molecule has 0 saturated heterocycles. The van der Waals surface area contributed by atoms with Gasteiger partial charge in [-0.05, 0) is 18.6 Å². The molecule has 0 spiro atoms. The van der Waals surface area contributed by atoms with Gasteiger partial charge in [0.05, 0.1) is 12.2 Å². The van der Waals surface area contributed by atoms with E-state index < -0.39 is 5.91 Å². The van der Waals surface area contributed by atoms with Crippen molar-refractivity contribution in [1.29, 1.82) is 5.41 Å². The van der Waals surface area contributed by atoms with Gasteiger partial charge in [-0.25, -0.2) is 0 Å². The number of amides is 1. The zero-order valence-corrected chi connectivity index (χ0v) is 10.1. The number of nitrogens with two attached hydrogens (primary N) is 1. The number of hydrogen-bond donors (Lipinski definition) is 4. The zero-order chi connectivity index (χ0) is 13.2. The minimum absolute atomic E-state index is 0.0657. The lowest BCUT2D eigenvalue weighted by Crippen LogP contribution is -2.29. The number of rotatable bonds is 7. The van der Waals surface area contributed by atoms with Gasteiger partial charge < -0.3 is 21.8 Å². The van der Waals surface area contributed by atoms with E-state index in [0.717, 1.165) is 6.42 Å². The molecule has 0 radical (unpaired) electrons. The first-order valence-corrected chi connectivity index (χ1v) is 5.71. The van der Waals surface area contributed by atoms with Crippen LogP contribution >= 0.6 is 0 Å². The summed E-state index contributed by atoms with van der Waals surface area (Å²) >= 11 is 0. The average Bonchev–Trinajstić information content (AvgIpc) is 2.39. The normalized spacial score (nSPS) is 18.9. The summed E-state index contributed by atoms with van der Waals surface area (Å²) in [4.78, 5) is 10.7. The number of carbonyl (C=O) groups excluding carboxylic acids is 1. The molecule has 0 aliphatic heterocycles. The van der Waals surface area contributed by atoms with Crippen molar-refractivity contribution in [2.24, 2.45) is 5.73 Å². The van der Waals surface area contributed by atoms with Gasteiger partial charge in [0, 0.05) is 18.5 Å². The summed E-state index contributed by atoms with van der Waals surface area (Å²) in [5.74, 6) is -0.426. The average molecular weight is 246 g/mol. The Morgan fingerprint density at radius 1 is 1.50 bits per heavy atom. The van der Waals surface area contributed by atoms with Crippen LogP contribution in [0.3, 0.4) is 0 Å². The van der Waals surface area contributed by atoms with Crippen molar-refractivity contribution in [3.8, 4) is 0 Å². The molecule has 5 nitrogen and oxygen atoms in total. The molecule has 0 fully saturated rings. The van der Waals surface area contributed by atoms with Crippen LogP contribution in [0.2, 0.25) is 0 Å². The monoisotopic (exact) mass is 246 g/mol. The summed E-state index contributed by atoms with van der Waals surface area (Å²) in [7, 11) is 0. The van der Waals surface area contributed by atoms with Gasteiger partial charge in [-0.2, -0.15) is 0 Å². The van der Waals surface area contributed by atoms with Crippen molar-refractivity contribution >= 4 is 12.1 Å². The molecule has 1 amide bonds. The highest BCUT2D eigenvalue weighted by Crippen LogP contribution is 2.03. The predicted molar refractivity (Wildman–Crippen MR) is 73.0 cm³/mol. The van der Waals surface area contributed by atoms with Crippen molar-refractivity contribution in [3.63, 3.8) is 0 Å². The van der Waals surface area contributed by atoms with Crippen LogP contribution in [-0.2, 0) is 4.79 Å². The molecule has 1 atom stereocenters. The molecule has 1 aliphatic carbocycles. The van der Waals surface area contributed by atoms with Crippen LogP contribution in [0.25, 0.3) is 0 Å². The Morgan fingerprint density at radius 3 is 2.94 bits per heavy atom.